The first-order valence-corrected chi connectivity index (χ1v) is 7.64. The van der Waals surface area contributed by atoms with E-state index in [1.807, 2.05) is 0 Å². The lowest BCUT2D eigenvalue weighted by atomic mass is 10.3. The molecule has 0 fully saturated rings. The maximum Gasteiger partial charge on any atom is 0.375 e. The van der Waals surface area contributed by atoms with E-state index in [1.54, 1.807) is 13.0 Å². The van der Waals surface area contributed by atoms with Gasteiger partial charge in [-0.15, -0.1) is 0 Å². The van der Waals surface area contributed by atoms with Crippen molar-refractivity contribution in [2.45, 2.75) is 20.0 Å². The summed E-state index contributed by atoms with van der Waals surface area (Å²) < 4.78 is 10.2. The topological polar surface area (TPSA) is 68.5 Å². The third-order valence-electron chi connectivity index (χ3n) is 2.86. The van der Waals surface area contributed by atoms with Gasteiger partial charge in [0.1, 0.15) is 5.76 Å². The molecule has 1 amide bonds. The molecule has 0 aliphatic heterocycles. The molecule has 5 nitrogen and oxygen atoms in total. The monoisotopic (exact) mass is 375 g/mol. The molecule has 2 rings (SSSR count). The minimum Gasteiger partial charge on any atom is -0.454 e. The number of esters is 1. The zero-order valence-electron chi connectivity index (χ0n) is 12.2. The van der Waals surface area contributed by atoms with Crippen LogP contribution in [0.5, 0.6) is 0 Å². The van der Waals surface area contributed by atoms with Crippen molar-refractivity contribution >= 4 is 52.4 Å². The maximum atomic E-state index is 12.1. The molecule has 8 heteroatoms. The molecule has 1 aromatic carbocycles. The summed E-state index contributed by atoms with van der Waals surface area (Å²) in [5, 5.41) is 3.24. The molecule has 0 bridgehead atoms. The quantitative estimate of drug-likeness (QED) is 0.618. The summed E-state index contributed by atoms with van der Waals surface area (Å²) in [4.78, 5) is 23.9. The fraction of sp³-hybridized carbons (Fsp3) is 0.200. The van der Waals surface area contributed by atoms with E-state index in [9.17, 15) is 9.59 Å². The molecule has 122 valence electrons. The highest BCUT2D eigenvalue weighted by Gasteiger charge is 2.22. The number of carbonyl (C=O) groups is 2. The van der Waals surface area contributed by atoms with Gasteiger partial charge in [-0.3, -0.25) is 4.79 Å². The van der Waals surface area contributed by atoms with Gasteiger partial charge in [0.15, 0.2) is 6.10 Å². The lowest BCUT2D eigenvalue weighted by Gasteiger charge is -2.14. The Morgan fingerprint density at radius 1 is 1.13 bits per heavy atom. The van der Waals surface area contributed by atoms with Crippen molar-refractivity contribution in [3.63, 3.8) is 0 Å². The summed E-state index contributed by atoms with van der Waals surface area (Å²) in [6.07, 6.45) is -1.06. The van der Waals surface area contributed by atoms with E-state index in [0.717, 1.165) is 0 Å². The molecule has 2 aromatic rings. The van der Waals surface area contributed by atoms with Gasteiger partial charge in [-0.05, 0) is 38.1 Å². The van der Waals surface area contributed by atoms with E-state index in [1.165, 1.54) is 25.1 Å². The number of hydrogen-bond acceptors (Lipinski definition) is 4. The minimum absolute atomic E-state index is 0.0229. The molecule has 0 aliphatic rings. The Kier molecular flexibility index (Phi) is 5.57. The molecule has 1 aromatic heterocycles. The molecule has 1 unspecified atom stereocenters. The highest BCUT2D eigenvalue weighted by atomic mass is 35.5. The lowest BCUT2D eigenvalue weighted by molar-refractivity contribution is -0.123. The Morgan fingerprint density at radius 3 is 2.39 bits per heavy atom. The van der Waals surface area contributed by atoms with Gasteiger partial charge >= 0.3 is 5.97 Å². The van der Waals surface area contributed by atoms with Gasteiger partial charge in [0.05, 0.1) is 20.8 Å². The van der Waals surface area contributed by atoms with E-state index in [4.69, 9.17) is 44.0 Å². The second-order valence-electron chi connectivity index (χ2n) is 4.69. The number of halogens is 3. The summed E-state index contributed by atoms with van der Waals surface area (Å²) in [6, 6.07) is 5.91. The van der Waals surface area contributed by atoms with Crippen molar-refractivity contribution in [1.29, 1.82) is 0 Å². The van der Waals surface area contributed by atoms with Crippen LogP contribution in [0, 0.1) is 6.92 Å². The van der Waals surface area contributed by atoms with Crippen LogP contribution >= 0.6 is 34.8 Å². The molecule has 1 atom stereocenters. The fourth-order valence-corrected chi connectivity index (χ4v) is 2.26. The van der Waals surface area contributed by atoms with Crippen molar-refractivity contribution < 1.29 is 18.7 Å². The van der Waals surface area contributed by atoms with Crippen LogP contribution in [0.15, 0.2) is 28.7 Å². The van der Waals surface area contributed by atoms with Crippen LogP contribution in [-0.2, 0) is 9.53 Å². The third-order valence-corrected chi connectivity index (χ3v) is 3.90. The van der Waals surface area contributed by atoms with Crippen LogP contribution in [0.3, 0.4) is 0 Å². The van der Waals surface area contributed by atoms with Crippen LogP contribution in [0.4, 0.5) is 5.69 Å². The molecular weight excluding hydrogens is 365 g/mol. The number of nitrogens with one attached hydrogen (secondary N) is 1. The van der Waals surface area contributed by atoms with Crippen LogP contribution in [-0.4, -0.2) is 18.0 Å². The van der Waals surface area contributed by atoms with Gasteiger partial charge < -0.3 is 14.5 Å². The van der Waals surface area contributed by atoms with Gasteiger partial charge in [0.25, 0.3) is 5.91 Å². The Balaban J connectivity index is 2.03. The number of furan rings is 1. The van der Waals surface area contributed by atoms with Crippen LogP contribution < -0.4 is 5.32 Å². The zero-order valence-corrected chi connectivity index (χ0v) is 14.4. The molecule has 0 radical (unpaired) electrons. The normalized spacial score (nSPS) is 11.9. The highest BCUT2D eigenvalue weighted by molar-refractivity contribution is 6.44. The van der Waals surface area contributed by atoms with Crippen molar-refractivity contribution in [3.8, 4) is 0 Å². The number of carbonyl (C=O) groups excluding carboxylic acids is 2. The first-order chi connectivity index (χ1) is 10.8. The van der Waals surface area contributed by atoms with E-state index < -0.39 is 18.0 Å². The van der Waals surface area contributed by atoms with Crippen LogP contribution in [0.1, 0.15) is 23.2 Å². The molecule has 0 saturated carbocycles. The summed E-state index contributed by atoms with van der Waals surface area (Å²) in [5.74, 6) is -0.714. The Bertz CT molecular complexity index is 757. The van der Waals surface area contributed by atoms with E-state index in [-0.39, 0.29) is 26.5 Å². The van der Waals surface area contributed by atoms with Gasteiger partial charge in [-0.25, -0.2) is 4.79 Å². The largest absolute Gasteiger partial charge is 0.454 e. The van der Waals surface area contributed by atoms with Crippen molar-refractivity contribution in [2.75, 3.05) is 5.32 Å². The standard InChI is InChI=1S/C15H12Cl3NO4/c1-7-3-4-13(22-7)15(21)23-8(2)14(20)19-12-6-10(17)9(16)5-11(12)18/h3-6,8H,1-2H3,(H,19,20). The number of hydrogen-bond donors (Lipinski definition) is 1. The summed E-state index contributed by atoms with van der Waals surface area (Å²) in [5.41, 5.74) is 0.266. The predicted molar refractivity (Wildman–Crippen MR) is 88.4 cm³/mol. The van der Waals surface area contributed by atoms with Crippen LogP contribution in [0.25, 0.3) is 0 Å². The first kappa shape index (κ1) is 17.7. The maximum absolute atomic E-state index is 12.1. The Labute approximate surface area is 147 Å². The molecule has 0 aliphatic carbocycles. The van der Waals surface area contributed by atoms with Crippen molar-refractivity contribution in [1.82, 2.24) is 0 Å². The second kappa shape index (κ2) is 7.25. The van der Waals surface area contributed by atoms with Crippen LogP contribution in [0.2, 0.25) is 15.1 Å². The number of anilines is 1. The van der Waals surface area contributed by atoms with Crippen molar-refractivity contribution in [3.05, 3.63) is 50.9 Å². The van der Waals surface area contributed by atoms with E-state index in [0.29, 0.717) is 5.76 Å². The number of amides is 1. The Hall–Kier alpha value is -1.69. The number of aryl methyl sites for hydroxylation is 1. The third kappa shape index (κ3) is 4.41. The first-order valence-electron chi connectivity index (χ1n) is 6.50. The predicted octanol–water partition coefficient (Wildman–Crippen LogP) is 4.73. The SMILES string of the molecule is Cc1ccc(C(=O)OC(C)C(=O)Nc2cc(Cl)c(Cl)cc2Cl)o1. The average molecular weight is 377 g/mol. The summed E-state index contributed by atoms with van der Waals surface area (Å²) in [6.45, 7) is 3.12. The van der Waals surface area contributed by atoms with Crippen molar-refractivity contribution in [2.24, 2.45) is 0 Å². The number of rotatable bonds is 4. The molecule has 1 N–H and O–H groups in total. The molecule has 1 heterocycles. The van der Waals surface area contributed by atoms with E-state index in [2.05, 4.69) is 5.32 Å². The number of ether oxygens (including phenoxy) is 1. The average Bonchev–Trinajstić information content (AvgIpc) is 2.91. The fourth-order valence-electron chi connectivity index (χ4n) is 1.67. The molecule has 0 saturated heterocycles. The van der Waals surface area contributed by atoms with Gasteiger partial charge in [0.2, 0.25) is 5.76 Å². The second-order valence-corrected chi connectivity index (χ2v) is 5.91. The van der Waals surface area contributed by atoms with Gasteiger partial charge in [0, 0.05) is 0 Å². The highest BCUT2D eigenvalue weighted by Crippen LogP contribution is 2.32. The van der Waals surface area contributed by atoms with Gasteiger partial charge in [-0.2, -0.15) is 0 Å². The molecular formula is C15H12Cl3NO4. The van der Waals surface area contributed by atoms with E-state index >= 15 is 0 Å². The molecule has 0 spiro atoms. The van der Waals surface area contributed by atoms with Gasteiger partial charge in [-0.1, -0.05) is 34.8 Å². The smallest absolute Gasteiger partial charge is 0.375 e. The lowest BCUT2D eigenvalue weighted by Crippen LogP contribution is -2.30. The Morgan fingerprint density at radius 2 is 1.78 bits per heavy atom. The molecule has 23 heavy (non-hydrogen) atoms. The number of benzene rings is 1. The zero-order chi connectivity index (χ0) is 17.1. The summed E-state index contributed by atoms with van der Waals surface area (Å²) >= 11 is 17.7. The minimum atomic E-state index is -1.06. The summed E-state index contributed by atoms with van der Waals surface area (Å²) in [7, 11) is 0.